The van der Waals surface area contributed by atoms with E-state index in [1.807, 2.05) is 30.3 Å². The van der Waals surface area contributed by atoms with Crippen LogP contribution in [-0.4, -0.2) is 46.3 Å². The van der Waals surface area contributed by atoms with Crippen LogP contribution in [0.4, 0.5) is 9.18 Å². The third kappa shape index (κ3) is 5.68. The Morgan fingerprint density at radius 3 is 2.58 bits per heavy atom. The molecule has 1 aliphatic heterocycles. The first-order valence-corrected chi connectivity index (χ1v) is 14.6. The number of methoxy groups -OCH3 is 2. The van der Waals surface area contributed by atoms with Crippen LogP contribution in [0.1, 0.15) is 35.0 Å². The summed E-state index contributed by atoms with van der Waals surface area (Å²) in [7, 11) is 3.09. The highest BCUT2D eigenvalue weighted by Gasteiger charge is 2.34. The highest BCUT2D eigenvalue weighted by molar-refractivity contribution is 7.18. The maximum Gasteiger partial charge on any atom is 0.410 e. The number of nitrogens with zero attached hydrogens (tertiary/aromatic N) is 4. The van der Waals surface area contributed by atoms with Crippen molar-refractivity contribution in [1.82, 2.24) is 19.4 Å². The molecule has 0 N–H and O–H groups in total. The van der Waals surface area contributed by atoms with Gasteiger partial charge >= 0.3 is 6.09 Å². The van der Waals surface area contributed by atoms with Crippen molar-refractivity contribution in [3.63, 3.8) is 0 Å². The lowest BCUT2D eigenvalue weighted by Gasteiger charge is -2.22. The summed E-state index contributed by atoms with van der Waals surface area (Å²) in [5.41, 5.74) is 1.51. The first-order chi connectivity index (χ1) is 21.0. The molecule has 6 rings (SSSR count). The van der Waals surface area contributed by atoms with Crippen LogP contribution in [-0.2, 0) is 17.9 Å². The number of carbonyl (C=O) groups is 1. The molecule has 1 saturated heterocycles. The van der Waals surface area contributed by atoms with Gasteiger partial charge in [0.2, 0.25) is 0 Å². The zero-order valence-corrected chi connectivity index (χ0v) is 24.5. The Hall–Kier alpha value is -4.77. The number of aromatic nitrogens is 3. The summed E-state index contributed by atoms with van der Waals surface area (Å²) in [6.07, 6.45) is 1.02. The number of thiazole rings is 1. The van der Waals surface area contributed by atoms with Crippen molar-refractivity contribution in [2.45, 2.75) is 32.0 Å². The number of likely N-dealkylation sites (tertiary alicyclic amines) is 1. The number of hydrogen-bond donors (Lipinski definition) is 0. The Balaban J connectivity index is 1.39. The van der Waals surface area contributed by atoms with Crippen molar-refractivity contribution in [3.05, 3.63) is 105 Å². The fraction of sp³-hybridized carbons (Fsp3) is 0.250. The van der Waals surface area contributed by atoms with Gasteiger partial charge in [-0.25, -0.2) is 19.2 Å². The summed E-state index contributed by atoms with van der Waals surface area (Å²) >= 11 is 1.24. The van der Waals surface area contributed by atoms with E-state index in [0.717, 1.165) is 12.0 Å². The van der Waals surface area contributed by atoms with E-state index in [1.165, 1.54) is 29.1 Å². The molecule has 220 valence electrons. The molecule has 2 aromatic heterocycles. The van der Waals surface area contributed by atoms with E-state index in [1.54, 1.807) is 48.4 Å². The van der Waals surface area contributed by atoms with Crippen LogP contribution >= 0.6 is 11.3 Å². The summed E-state index contributed by atoms with van der Waals surface area (Å²) in [4.78, 5) is 38.6. The lowest BCUT2D eigenvalue weighted by atomic mass is 10.1. The first kappa shape index (κ1) is 28.4. The van der Waals surface area contributed by atoms with E-state index < -0.39 is 17.5 Å². The minimum atomic E-state index is -0.503. The largest absolute Gasteiger partial charge is 0.497 e. The van der Waals surface area contributed by atoms with Gasteiger partial charge in [-0.05, 0) is 42.7 Å². The predicted octanol–water partition coefficient (Wildman–Crippen LogP) is 6.20. The third-order valence-electron chi connectivity index (χ3n) is 7.45. The van der Waals surface area contributed by atoms with Gasteiger partial charge in [0.1, 0.15) is 34.8 Å². The average Bonchev–Trinajstić information content (AvgIpc) is 3.70. The average molecular weight is 601 g/mol. The van der Waals surface area contributed by atoms with Gasteiger partial charge in [0.05, 0.1) is 32.4 Å². The Bertz CT molecular complexity index is 1840. The number of halogens is 1. The Morgan fingerprint density at radius 2 is 1.81 bits per heavy atom. The number of rotatable bonds is 8. The molecule has 1 atom stereocenters. The summed E-state index contributed by atoms with van der Waals surface area (Å²) in [5.74, 6) is 0.787. The van der Waals surface area contributed by atoms with Crippen LogP contribution in [0.2, 0.25) is 0 Å². The van der Waals surface area contributed by atoms with E-state index >= 15 is 4.39 Å². The van der Waals surface area contributed by atoms with Crippen molar-refractivity contribution in [1.29, 1.82) is 0 Å². The van der Waals surface area contributed by atoms with E-state index in [-0.39, 0.29) is 36.1 Å². The van der Waals surface area contributed by atoms with Crippen molar-refractivity contribution in [2.24, 2.45) is 0 Å². The molecule has 0 unspecified atom stereocenters. The van der Waals surface area contributed by atoms with Crippen molar-refractivity contribution in [3.8, 4) is 22.9 Å². The van der Waals surface area contributed by atoms with Gasteiger partial charge in [0, 0.05) is 18.2 Å². The van der Waals surface area contributed by atoms with Crippen molar-refractivity contribution >= 4 is 27.8 Å². The zero-order chi connectivity index (χ0) is 29.9. The molecule has 5 aromatic rings. The molecule has 0 bridgehead atoms. The second-order valence-electron chi connectivity index (χ2n) is 10.1. The van der Waals surface area contributed by atoms with Crippen LogP contribution in [0.5, 0.6) is 11.5 Å². The van der Waals surface area contributed by atoms with Gasteiger partial charge < -0.3 is 14.2 Å². The van der Waals surface area contributed by atoms with Crippen LogP contribution in [0.15, 0.2) is 77.6 Å². The van der Waals surface area contributed by atoms with Gasteiger partial charge in [-0.2, -0.15) is 0 Å². The number of benzene rings is 3. The van der Waals surface area contributed by atoms with Crippen LogP contribution in [0.25, 0.3) is 21.7 Å². The molecular weight excluding hydrogens is 571 g/mol. The van der Waals surface area contributed by atoms with Crippen molar-refractivity contribution < 1.29 is 23.4 Å². The summed E-state index contributed by atoms with van der Waals surface area (Å²) in [6, 6.07) is 20.6. The van der Waals surface area contributed by atoms with Gasteiger partial charge in [0.15, 0.2) is 10.3 Å². The Kier molecular flexibility index (Phi) is 8.06. The van der Waals surface area contributed by atoms with Crippen LogP contribution in [0.3, 0.4) is 0 Å². The zero-order valence-electron chi connectivity index (χ0n) is 23.7. The molecule has 0 saturated carbocycles. The quantitative estimate of drug-likeness (QED) is 0.209. The lowest BCUT2D eigenvalue weighted by Crippen LogP contribution is -2.31. The second kappa shape index (κ2) is 12.2. The maximum absolute atomic E-state index is 15.1. The smallest absolute Gasteiger partial charge is 0.410 e. The summed E-state index contributed by atoms with van der Waals surface area (Å²) in [5, 5.41) is 0.591. The van der Waals surface area contributed by atoms with Gasteiger partial charge in [0.25, 0.3) is 5.56 Å². The third-order valence-corrected chi connectivity index (χ3v) is 8.50. The number of carbonyl (C=O) groups excluding carboxylic acids is 1. The number of ether oxygens (including phenoxy) is 3. The molecule has 3 aromatic carbocycles. The van der Waals surface area contributed by atoms with Gasteiger partial charge in [-0.15, -0.1) is 0 Å². The molecule has 0 spiro atoms. The van der Waals surface area contributed by atoms with E-state index in [4.69, 9.17) is 24.2 Å². The van der Waals surface area contributed by atoms with Gasteiger partial charge in [-0.3, -0.25) is 14.3 Å². The van der Waals surface area contributed by atoms with E-state index in [0.29, 0.717) is 39.9 Å². The van der Waals surface area contributed by atoms with Crippen molar-refractivity contribution in [2.75, 3.05) is 20.8 Å². The second-order valence-corrected chi connectivity index (χ2v) is 11.1. The normalized spacial score (nSPS) is 14.7. The molecule has 3 heterocycles. The maximum atomic E-state index is 15.1. The molecule has 43 heavy (non-hydrogen) atoms. The fourth-order valence-electron chi connectivity index (χ4n) is 5.26. The predicted molar refractivity (Wildman–Crippen MR) is 161 cm³/mol. The molecule has 9 nitrogen and oxygen atoms in total. The van der Waals surface area contributed by atoms with Gasteiger partial charge in [-0.1, -0.05) is 53.8 Å². The lowest BCUT2D eigenvalue weighted by molar-refractivity contribution is 0.0920. The number of amides is 1. The Morgan fingerprint density at radius 1 is 1.02 bits per heavy atom. The molecule has 0 aliphatic carbocycles. The number of hydrogen-bond acceptors (Lipinski definition) is 8. The summed E-state index contributed by atoms with van der Waals surface area (Å²) < 4.78 is 33.0. The monoisotopic (exact) mass is 600 g/mol. The highest BCUT2D eigenvalue weighted by atomic mass is 32.1. The van der Waals surface area contributed by atoms with E-state index in [2.05, 4.69) is 0 Å². The number of fused-ring (bicyclic) bond motifs is 1. The first-order valence-electron chi connectivity index (χ1n) is 13.8. The molecular formula is C32H29FN4O5S. The molecule has 11 heteroatoms. The topological polar surface area (TPSA) is 95.8 Å². The van der Waals surface area contributed by atoms with Crippen LogP contribution < -0.4 is 15.0 Å². The molecule has 1 fully saturated rings. The SMILES string of the molecule is COc1ccc(Cn2c(-c3ccccc3F)nc3sc([C@H]4CCCN4C(=O)OCc4ccccc4)nc3c2=O)c(OC)c1. The summed E-state index contributed by atoms with van der Waals surface area (Å²) in [6.45, 7) is 0.742. The highest BCUT2D eigenvalue weighted by Crippen LogP contribution is 2.37. The minimum absolute atomic E-state index is 0.0623. The fourth-order valence-corrected chi connectivity index (χ4v) is 6.34. The molecule has 0 radical (unpaired) electrons. The molecule has 1 aliphatic rings. The minimum Gasteiger partial charge on any atom is -0.497 e. The Labute approximate surface area is 251 Å². The van der Waals surface area contributed by atoms with Crippen LogP contribution in [0, 0.1) is 5.82 Å². The van der Waals surface area contributed by atoms with E-state index in [9.17, 15) is 9.59 Å². The molecule has 1 amide bonds. The standard InChI is InChI=1S/C32H29FN4O5S/c1-40-22-15-14-21(26(17-22)41-2)18-37-28(23-11-6-7-12-24(23)33)35-30-27(31(37)38)34-29(43-30)25-13-8-16-36(25)32(39)42-19-20-9-4-3-5-10-20/h3-7,9-12,14-15,17,25H,8,13,16,18-19H2,1-2H3/t25-/m1/s1.